The van der Waals surface area contributed by atoms with Gasteiger partial charge < -0.3 is 5.11 Å². The van der Waals surface area contributed by atoms with Gasteiger partial charge in [-0.05, 0) is 31.5 Å². The van der Waals surface area contributed by atoms with Gasteiger partial charge in [0.25, 0.3) is 0 Å². The number of aromatic nitrogens is 3. The van der Waals surface area contributed by atoms with E-state index in [0.717, 1.165) is 0 Å². The van der Waals surface area contributed by atoms with E-state index in [1.54, 1.807) is 23.1 Å². The molecule has 6 nitrogen and oxygen atoms in total. The second kappa shape index (κ2) is 5.48. The Labute approximate surface area is 112 Å². The van der Waals surface area contributed by atoms with E-state index in [-0.39, 0.29) is 11.6 Å². The van der Waals surface area contributed by atoms with Gasteiger partial charge in [0, 0.05) is 22.8 Å². The lowest BCUT2D eigenvalue weighted by Crippen LogP contribution is -2.10. The number of hydrogen-bond donors (Lipinski definition) is 1. The van der Waals surface area contributed by atoms with E-state index in [1.165, 1.54) is 6.07 Å². The third-order valence-electron chi connectivity index (χ3n) is 2.96. The highest BCUT2D eigenvalue weighted by molar-refractivity contribution is 7.84. The average molecular weight is 281 g/mol. The van der Waals surface area contributed by atoms with Gasteiger partial charge in [-0.1, -0.05) is 5.21 Å². The molecule has 2 rings (SSSR count). The molecular weight excluding hydrogens is 266 g/mol. The van der Waals surface area contributed by atoms with Crippen LogP contribution in [0.25, 0.3) is 11.0 Å². The molecule has 1 heterocycles. The molecule has 0 bridgehead atoms. The maximum absolute atomic E-state index is 11.1. The second-order valence-corrected chi connectivity index (χ2v) is 6.01. The van der Waals surface area contributed by atoms with Crippen molar-refractivity contribution in [1.29, 1.82) is 0 Å². The van der Waals surface area contributed by atoms with E-state index in [4.69, 9.17) is 5.11 Å². The van der Waals surface area contributed by atoms with Crippen molar-refractivity contribution in [2.24, 2.45) is 0 Å². The fraction of sp³-hybridized carbons (Fsp3) is 0.417. The molecule has 0 saturated carbocycles. The number of nitrogens with zero attached hydrogens (tertiary/aromatic N) is 3. The summed E-state index contributed by atoms with van der Waals surface area (Å²) in [5, 5.41) is 17.1. The fourth-order valence-electron chi connectivity index (χ4n) is 1.85. The molecule has 0 saturated heterocycles. The number of hydrogen-bond acceptors (Lipinski definition) is 4. The Morgan fingerprint density at radius 3 is 2.89 bits per heavy atom. The number of carbonyl (C=O) groups is 1. The maximum atomic E-state index is 11.1. The minimum Gasteiger partial charge on any atom is -0.478 e. The van der Waals surface area contributed by atoms with Crippen LogP contribution in [0.3, 0.4) is 0 Å². The molecule has 0 amide bonds. The normalized spacial score (nSPS) is 14.4. The maximum Gasteiger partial charge on any atom is 0.335 e. The van der Waals surface area contributed by atoms with E-state index < -0.39 is 16.8 Å². The fourth-order valence-corrected chi connectivity index (χ4v) is 2.53. The Bertz CT molecular complexity index is 638. The molecule has 0 aliphatic heterocycles. The summed E-state index contributed by atoms with van der Waals surface area (Å²) in [7, 11) is -0.849. The third kappa shape index (κ3) is 2.98. The largest absolute Gasteiger partial charge is 0.478 e. The van der Waals surface area contributed by atoms with Gasteiger partial charge >= 0.3 is 5.97 Å². The molecule has 0 fully saturated rings. The molecule has 1 aromatic carbocycles. The predicted molar refractivity (Wildman–Crippen MR) is 72.7 cm³/mol. The highest BCUT2D eigenvalue weighted by Gasteiger charge is 2.13. The molecule has 1 aromatic heterocycles. The number of aromatic carboxylic acids is 1. The summed E-state index contributed by atoms with van der Waals surface area (Å²) < 4.78 is 12.8. The lowest BCUT2D eigenvalue weighted by molar-refractivity contribution is 0.0697. The van der Waals surface area contributed by atoms with Gasteiger partial charge in [0.2, 0.25) is 0 Å². The number of rotatable bonds is 5. The zero-order chi connectivity index (χ0) is 14.0. The van der Waals surface area contributed by atoms with E-state index in [1.807, 2.05) is 6.92 Å². The molecule has 102 valence electrons. The third-order valence-corrected chi connectivity index (χ3v) is 3.77. The molecule has 19 heavy (non-hydrogen) atoms. The van der Waals surface area contributed by atoms with Crippen LogP contribution in [0, 0.1) is 0 Å². The standard InChI is InChI=1S/C12H15N3O3S/c1-8(5-6-19(2)18)15-11-7-9(12(16)17)3-4-10(11)13-14-15/h3-4,7-8H,5-6H2,1-2H3,(H,16,17). The summed E-state index contributed by atoms with van der Waals surface area (Å²) in [5.74, 6) is -0.391. The van der Waals surface area contributed by atoms with Gasteiger partial charge in [0.15, 0.2) is 0 Å². The SMILES string of the molecule is CC(CCS(C)=O)n1nnc2ccc(C(=O)O)cc21. The first kappa shape index (κ1) is 13.7. The minimum absolute atomic E-state index is 0.0259. The predicted octanol–water partition coefficient (Wildman–Crippen LogP) is 1.46. The van der Waals surface area contributed by atoms with Crippen molar-refractivity contribution in [1.82, 2.24) is 15.0 Å². The van der Waals surface area contributed by atoms with Crippen molar-refractivity contribution in [3.05, 3.63) is 23.8 Å². The summed E-state index contributed by atoms with van der Waals surface area (Å²) in [6.45, 7) is 1.95. The molecule has 0 aliphatic carbocycles. The van der Waals surface area contributed by atoms with Gasteiger partial charge in [-0.25, -0.2) is 9.48 Å². The van der Waals surface area contributed by atoms with Crippen LogP contribution in [0.15, 0.2) is 18.2 Å². The van der Waals surface area contributed by atoms with Crippen molar-refractivity contribution in [3.63, 3.8) is 0 Å². The van der Waals surface area contributed by atoms with Gasteiger partial charge in [0.05, 0.1) is 17.1 Å². The molecule has 2 atom stereocenters. The van der Waals surface area contributed by atoms with E-state index in [9.17, 15) is 9.00 Å². The van der Waals surface area contributed by atoms with Crippen molar-refractivity contribution >= 4 is 27.8 Å². The zero-order valence-corrected chi connectivity index (χ0v) is 11.6. The number of carboxylic acid groups (broad SMARTS) is 1. The quantitative estimate of drug-likeness (QED) is 0.896. The van der Waals surface area contributed by atoms with Crippen molar-refractivity contribution in [2.45, 2.75) is 19.4 Å². The summed E-state index contributed by atoms with van der Waals surface area (Å²) in [6.07, 6.45) is 2.37. The minimum atomic E-state index is -0.975. The Balaban J connectivity index is 2.34. The smallest absolute Gasteiger partial charge is 0.335 e. The Morgan fingerprint density at radius 1 is 1.53 bits per heavy atom. The Hall–Kier alpha value is -1.76. The van der Waals surface area contributed by atoms with Crippen LogP contribution >= 0.6 is 0 Å². The number of carboxylic acids is 1. The Kier molecular flexibility index (Phi) is 3.94. The van der Waals surface area contributed by atoms with Crippen LogP contribution in [0.5, 0.6) is 0 Å². The van der Waals surface area contributed by atoms with E-state index >= 15 is 0 Å². The van der Waals surface area contributed by atoms with Crippen molar-refractivity contribution in [3.8, 4) is 0 Å². The van der Waals surface area contributed by atoms with Crippen LogP contribution in [0.2, 0.25) is 0 Å². The van der Waals surface area contributed by atoms with Gasteiger partial charge in [0.1, 0.15) is 5.52 Å². The number of benzene rings is 1. The molecule has 2 unspecified atom stereocenters. The summed E-state index contributed by atoms with van der Waals surface area (Å²) in [4.78, 5) is 11.0. The van der Waals surface area contributed by atoms with Crippen LogP contribution in [0.4, 0.5) is 0 Å². The molecule has 1 N–H and O–H groups in total. The summed E-state index contributed by atoms with van der Waals surface area (Å²) in [6, 6.07) is 4.75. The van der Waals surface area contributed by atoms with Gasteiger partial charge in [-0.3, -0.25) is 4.21 Å². The second-order valence-electron chi connectivity index (χ2n) is 4.46. The van der Waals surface area contributed by atoms with Crippen molar-refractivity contribution < 1.29 is 14.1 Å². The molecular formula is C12H15N3O3S. The average Bonchev–Trinajstić information content (AvgIpc) is 2.78. The van der Waals surface area contributed by atoms with Crippen molar-refractivity contribution in [2.75, 3.05) is 12.0 Å². The van der Waals surface area contributed by atoms with Gasteiger partial charge in [-0.2, -0.15) is 0 Å². The molecule has 7 heteroatoms. The molecule has 0 spiro atoms. The van der Waals surface area contributed by atoms with Crippen LogP contribution < -0.4 is 0 Å². The van der Waals surface area contributed by atoms with Gasteiger partial charge in [-0.15, -0.1) is 5.10 Å². The van der Waals surface area contributed by atoms with Crippen LogP contribution in [-0.4, -0.2) is 42.3 Å². The number of fused-ring (bicyclic) bond motifs is 1. The first-order valence-corrected chi connectivity index (χ1v) is 7.60. The first-order valence-electron chi connectivity index (χ1n) is 5.87. The van der Waals surface area contributed by atoms with E-state index in [0.29, 0.717) is 23.2 Å². The topological polar surface area (TPSA) is 85.1 Å². The van der Waals surface area contributed by atoms with Crippen LogP contribution in [-0.2, 0) is 10.8 Å². The highest BCUT2D eigenvalue weighted by atomic mass is 32.2. The summed E-state index contributed by atoms with van der Waals surface area (Å²) >= 11 is 0. The van der Waals surface area contributed by atoms with E-state index in [2.05, 4.69) is 10.3 Å². The lowest BCUT2D eigenvalue weighted by atomic mass is 10.2. The Morgan fingerprint density at radius 2 is 2.26 bits per heavy atom. The monoisotopic (exact) mass is 281 g/mol. The lowest BCUT2D eigenvalue weighted by Gasteiger charge is -2.11. The molecule has 2 aromatic rings. The molecule has 0 radical (unpaired) electrons. The highest BCUT2D eigenvalue weighted by Crippen LogP contribution is 2.19. The molecule has 0 aliphatic rings. The zero-order valence-electron chi connectivity index (χ0n) is 10.7. The van der Waals surface area contributed by atoms with Crippen LogP contribution in [0.1, 0.15) is 29.7 Å². The summed E-state index contributed by atoms with van der Waals surface area (Å²) in [5.41, 5.74) is 1.56. The first-order chi connectivity index (χ1) is 8.99.